The summed E-state index contributed by atoms with van der Waals surface area (Å²) in [5.41, 5.74) is 3.07. The molecule has 1 fully saturated rings. The number of carbonyl (C=O) groups is 1. The van der Waals surface area contributed by atoms with Gasteiger partial charge in [-0.15, -0.1) is 0 Å². The highest BCUT2D eigenvalue weighted by molar-refractivity contribution is 5.98. The number of fused-ring (bicyclic) bond motifs is 3. The number of aromatic nitrogens is 3. The SMILES string of the molecule is O=C(C1CCCCC1)N1CCc2c(nn(-c3ccccc3)c2O)-c2cccnc21. The van der Waals surface area contributed by atoms with Crippen LogP contribution in [0.5, 0.6) is 5.88 Å². The fourth-order valence-electron chi connectivity index (χ4n) is 4.55. The molecule has 2 aliphatic rings. The quantitative estimate of drug-likeness (QED) is 0.717. The van der Waals surface area contributed by atoms with Crippen molar-refractivity contribution in [2.75, 3.05) is 11.4 Å². The number of hydrogen-bond acceptors (Lipinski definition) is 4. The molecule has 2 aromatic heterocycles. The Balaban J connectivity index is 1.58. The first-order valence-corrected chi connectivity index (χ1v) is 10.4. The van der Waals surface area contributed by atoms with Gasteiger partial charge in [0.2, 0.25) is 11.8 Å². The zero-order chi connectivity index (χ0) is 19.8. The van der Waals surface area contributed by atoms with Gasteiger partial charge in [0, 0.05) is 29.8 Å². The molecule has 0 atom stereocenters. The molecule has 6 heteroatoms. The molecule has 5 rings (SSSR count). The molecule has 1 amide bonds. The largest absolute Gasteiger partial charge is 0.493 e. The van der Waals surface area contributed by atoms with E-state index in [1.165, 1.54) is 6.42 Å². The maximum atomic E-state index is 13.3. The molecule has 29 heavy (non-hydrogen) atoms. The first-order chi connectivity index (χ1) is 14.2. The highest BCUT2D eigenvalue weighted by Crippen LogP contribution is 2.40. The Morgan fingerprint density at radius 3 is 2.62 bits per heavy atom. The van der Waals surface area contributed by atoms with Gasteiger partial charge in [0.25, 0.3) is 0 Å². The van der Waals surface area contributed by atoms with Crippen LogP contribution in [0.4, 0.5) is 5.82 Å². The van der Waals surface area contributed by atoms with Crippen LogP contribution < -0.4 is 4.90 Å². The van der Waals surface area contributed by atoms with Gasteiger partial charge < -0.3 is 5.11 Å². The van der Waals surface area contributed by atoms with Gasteiger partial charge in [-0.2, -0.15) is 5.10 Å². The first kappa shape index (κ1) is 17.9. The zero-order valence-electron chi connectivity index (χ0n) is 16.3. The maximum absolute atomic E-state index is 13.3. The van der Waals surface area contributed by atoms with Crippen LogP contribution in [0, 0.1) is 5.92 Å². The summed E-state index contributed by atoms with van der Waals surface area (Å²) in [7, 11) is 0. The van der Waals surface area contributed by atoms with E-state index in [0.29, 0.717) is 24.5 Å². The Hall–Kier alpha value is -3.15. The molecule has 0 saturated heterocycles. The summed E-state index contributed by atoms with van der Waals surface area (Å²) in [6.07, 6.45) is 7.61. The number of nitrogens with zero attached hydrogens (tertiary/aromatic N) is 4. The van der Waals surface area contributed by atoms with Crippen LogP contribution in [0.3, 0.4) is 0 Å². The standard InChI is InChI=1S/C23H24N4O2/c28-22(16-8-3-1-4-9-16)26-15-13-19-20(18-12-7-14-24-21(18)26)25-27(23(19)29)17-10-5-2-6-11-17/h2,5-7,10-12,14,16,29H,1,3-4,8-9,13,15H2. The molecule has 3 aromatic rings. The van der Waals surface area contributed by atoms with Crippen LogP contribution in [-0.4, -0.2) is 32.3 Å². The van der Waals surface area contributed by atoms with E-state index < -0.39 is 0 Å². The van der Waals surface area contributed by atoms with E-state index >= 15 is 0 Å². The topological polar surface area (TPSA) is 71.2 Å². The van der Waals surface area contributed by atoms with Crippen LogP contribution in [-0.2, 0) is 11.2 Å². The van der Waals surface area contributed by atoms with Crippen LogP contribution in [0.2, 0.25) is 0 Å². The summed E-state index contributed by atoms with van der Waals surface area (Å²) in [5, 5.41) is 15.6. The smallest absolute Gasteiger partial charge is 0.231 e. The molecule has 148 valence electrons. The van der Waals surface area contributed by atoms with Crippen LogP contribution in [0.15, 0.2) is 48.7 Å². The van der Waals surface area contributed by atoms with Crippen molar-refractivity contribution in [1.82, 2.24) is 14.8 Å². The van der Waals surface area contributed by atoms with Crippen molar-refractivity contribution in [3.63, 3.8) is 0 Å². The van der Waals surface area contributed by atoms with Crippen LogP contribution in [0.25, 0.3) is 16.9 Å². The molecule has 0 unspecified atom stereocenters. The highest BCUT2D eigenvalue weighted by atomic mass is 16.3. The molecular weight excluding hydrogens is 364 g/mol. The Bertz CT molecular complexity index is 1040. The predicted octanol–water partition coefficient (Wildman–Crippen LogP) is 4.11. The Labute approximate surface area is 169 Å². The molecule has 3 heterocycles. The second-order valence-corrected chi connectivity index (χ2v) is 7.85. The zero-order valence-corrected chi connectivity index (χ0v) is 16.3. The normalized spacial score (nSPS) is 16.8. The molecule has 1 saturated carbocycles. The van der Waals surface area contributed by atoms with E-state index in [2.05, 4.69) is 4.98 Å². The van der Waals surface area contributed by atoms with E-state index in [4.69, 9.17) is 5.10 Å². The van der Waals surface area contributed by atoms with E-state index in [9.17, 15) is 9.90 Å². The third kappa shape index (κ3) is 3.09. The van der Waals surface area contributed by atoms with Gasteiger partial charge in [-0.3, -0.25) is 9.69 Å². The van der Waals surface area contributed by atoms with Crippen molar-refractivity contribution in [3.05, 3.63) is 54.2 Å². The van der Waals surface area contributed by atoms with Gasteiger partial charge in [-0.1, -0.05) is 37.5 Å². The lowest BCUT2D eigenvalue weighted by atomic mass is 9.88. The fraction of sp³-hybridized carbons (Fsp3) is 0.348. The summed E-state index contributed by atoms with van der Waals surface area (Å²) in [5.74, 6) is 1.01. The maximum Gasteiger partial charge on any atom is 0.231 e. The summed E-state index contributed by atoms with van der Waals surface area (Å²) in [6.45, 7) is 0.500. The fourth-order valence-corrected chi connectivity index (χ4v) is 4.55. The number of para-hydroxylation sites is 1. The van der Waals surface area contributed by atoms with Crippen molar-refractivity contribution in [3.8, 4) is 22.8 Å². The monoisotopic (exact) mass is 388 g/mol. The highest BCUT2D eigenvalue weighted by Gasteiger charge is 2.33. The number of aromatic hydroxyl groups is 1. The lowest BCUT2D eigenvalue weighted by molar-refractivity contribution is -0.123. The van der Waals surface area contributed by atoms with Crippen molar-refractivity contribution in [1.29, 1.82) is 0 Å². The third-order valence-electron chi connectivity index (χ3n) is 6.06. The molecule has 0 bridgehead atoms. The molecule has 1 aromatic carbocycles. The lowest BCUT2D eigenvalue weighted by Crippen LogP contribution is -2.38. The van der Waals surface area contributed by atoms with Gasteiger partial charge >= 0.3 is 0 Å². The van der Waals surface area contributed by atoms with E-state index in [0.717, 1.165) is 42.5 Å². The third-order valence-corrected chi connectivity index (χ3v) is 6.06. The first-order valence-electron chi connectivity index (χ1n) is 10.4. The molecule has 1 N–H and O–H groups in total. The van der Waals surface area contributed by atoms with Gasteiger partial charge in [-0.05, 0) is 43.5 Å². The molecular formula is C23H24N4O2. The Morgan fingerprint density at radius 1 is 1.03 bits per heavy atom. The number of benzene rings is 1. The van der Waals surface area contributed by atoms with Crippen molar-refractivity contribution in [2.24, 2.45) is 5.92 Å². The van der Waals surface area contributed by atoms with Crippen molar-refractivity contribution >= 4 is 11.7 Å². The summed E-state index contributed by atoms with van der Waals surface area (Å²) in [6, 6.07) is 13.4. The number of rotatable bonds is 2. The molecule has 1 aliphatic heterocycles. The average Bonchev–Trinajstić information content (AvgIpc) is 3.01. The molecule has 6 nitrogen and oxygen atoms in total. The summed E-state index contributed by atoms with van der Waals surface area (Å²) < 4.78 is 1.57. The average molecular weight is 388 g/mol. The summed E-state index contributed by atoms with van der Waals surface area (Å²) >= 11 is 0. The number of carbonyl (C=O) groups excluding carboxylic acids is 1. The minimum absolute atomic E-state index is 0.0712. The van der Waals surface area contributed by atoms with Crippen LogP contribution in [0.1, 0.15) is 37.7 Å². The molecule has 0 radical (unpaired) electrons. The number of amides is 1. The lowest BCUT2D eigenvalue weighted by Gasteiger charge is -2.28. The van der Waals surface area contributed by atoms with E-state index in [1.54, 1.807) is 10.9 Å². The number of pyridine rings is 1. The van der Waals surface area contributed by atoms with Gasteiger partial charge in [0.15, 0.2) is 0 Å². The predicted molar refractivity (Wildman–Crippen MR) is 111 cm³/mol. The molecule has 0 spiro atoms. The Kier molecular flexibility index (Phi) is 4.54. The minimum atomic E-state index is 0.0712. The number of anilines is 1. The van der Waals surface area contributed by atoms with E-state index in [-0.39, 0.29) is 17.7 Å². The van der Waals surface area contributed by atoms with Crippen molar-refractivity contribution < 1.29 is 9.90 Å². The van der Waals surface area contributed by atoms with Crippen molar-refractivity contribution in [2.45, 2.75) is 38.5 Å². The van der Waals surface area contributed by atoms with Crippen LogP contribution >= 0.6 is 0 Å². The van der Waals surface area contributed by atoms with Gasteiger partial charge in [-0.25, -0.2) is 9.67 Å². The minimum Gasteiger partial charge on any atom is -0.493 e. The number of hydrogen-bond donors (Lipinski definition) is 1. The van der Waals surface area contributed by atoms with E-state index in [1.807, 2.05) is 47.4 Å². The summed E-state index contributed by atoms with van der Waals surface area (Å²) in [4.78, 5) is 19.7. The second kappa shape index (κ2) is 7.35. The van der Waals surface area contributed by atoms with Gasteiger partial charge in [0.1, 0.15) is 11.5 Å². The van der Waals surface area contributed by atoms with Gasteiger partial charge in [0.05, 0.1) is 5.69 Å². The Morgan fingerprint density at radius 2 is 1.83 bits per heavy atom. The molecule has 1 aliphatic carbocycles. The second-order valence-electron chi connectivity index (χ2n) is 7.85.